The fraction of sp³-hybridized carbons (Fsp3) is 0.353. The van der Waals surface area contributed by atoms with Gasteiger partial charge in [0, 0.05) is 18.2 Å². The summed E-state index contributed by atoms with van der Waals surface area (Å²) in [4.78, 5) is 11.7. The number of aromatic nitrogens is 2. The van der Waals surface area contributed by atoms with Crippen LogP contribution in [-0.2, 0) is 4.79 Å². The second kappa shape index (κ2) is 7.63. The number of hydrogen-bond acceptors (Lipinski definition) is 6. The molecule has 2 heterocycles. The minimum Gasteiger partial charge on any atom is -0.486 e. The van der Waals surface area contributed by atoms with Gasteiger partial charge >= 0.3 is 0 Å². The summed E-state index contributed by atoms with van der Waals surface area (Å²) in [6.45, 7) is 3.16. The van der Waals surface area contributed by atoms with Gasteiger partial charge in [0.05, 0.1) is 0 Å². The molecule has 1 amide bonds. The van der Waals surface area contributed by atoms with Crippen molar-refractivity contribution in [2.75, 3.05) is 23.8 Å². The predicted octanol–water partition coefficient (Wildman–Crippen LogP) is 3.12. The number of nitrogens with one attached hydrogen (secondary N) is 2. The van der Waals surface area contributed by atoms with E-state index in [1.165, 1.54) is 0 Å². The Morgan fingerprint density at radius 2 is 1.83 bits per heavy atom. The third kappa shape index (κ3) is 4.13. The van der Waals surface area contributed by atoms with Crippen LogP contribution in [0, 0.1) is 0 Å². The molecular weight excluding hydrogens is 308 g/mol. The van der Waals surface area contributed by atoms with Gasteiger partial charge in [-0.05, 0) is 30.7 Å². The first-order valence-corrected chi connectivity index (χ1v) is 8.05. The fourth-order valence-corrected chi connectivity index (χ4v) is 2.28. The van der Waals surface area contributed by atoms with Gasteiger partial charge in [0.2, 0.25) is 5.91 Å². The van der Waals surface area contributed by atoms with Crippen molar-refractivity contribution in [3.63, 3.8) is 0 Å². The summed E-state index contributed by atoms with van der Waals surface area (Å²) in [6, 6.07) is 9.08. The topological polar surface area (TPSA) is 85.4 Å². The van der Waals surface area contributed by atoms with Gasteiger partial charge < -0.3 is 20.1 Å². The number of anilines is 3. The first-order valence-electron chi connectivity index (χ1n) is 8.05. The van der Waals surface area contributed by atoms with Crippen molar-refractivity contribution < 1.29 is 14.3 Å². The Morgan fingerprint density at radius 3 is 2.58 bits per heavy atom. The maximum absolute atomic E-state index is 11.7. The van der Waals surface area contributed by atoms with E-state index in [0.29, 0.717) is 37.0 Å². The van der Waals surface area contributed by atoms with E-state index in [9.17, 15) is 4.79 Å². The van der Waals surface area contributed by atoms with E-state index in [-0.39, 0.29) is 5.91 Å². The lowest BCUT2D eigenvalue weighted by Gasteiger charge is -2.19. The molecule has 7 nitrogen and oxygen atoms in total. The summed E-state index contributed by atoms with van der Waals surface area (Å²) in [5, 5.41) is 14.0. The molecule has 0 aliphatic carbocycles. The highest BCUT2D eigenvalue weighted by Gasteiger charge is 2.12. The van der Waals surface area contributed by atoms with Crippen molar-refractivity contribution in [1.82, 2.24) is 10.2 Å². The fourth-order valence-electron chi connectivity index (χ4n) is 2.28. The van der Waals surface area contributed by atoms with Gasteiger partial charge in [-0.3, -0.25) is 4.79 Å². The Balaban J connectivity index is 1.61. The number of fused-ring (bicyclic) bond motifs is 1. The smallest absolute Gasteiger partial charge is 0.225 e. The number of nitrogens with zero attached hydrogens (tertiary/aromatic N) is 2. The van der Waals surface area contributed by atoms with Gasteiger partial charge in [0.25, 0.3) is 0 Å². The summed E-state index contributed by atoms with van der Waals surface area (Å²) in [5.41, 5.74) is 0.827. The second-order valence-corrected chi connectivity index (χ2v) is 5.44. The van der Waals surface area contributed by atoms with Crippen LogP contribution in [0.2, 0.25) is 0 Å². The molecular formula is C17H20N4O3. The molecule has 2 aromatic rings. The van der Waals surface area contributed by atoms with Crippen LogP contribution in [0.4, 0.5) is 17.3 Å². The normalized spacial score (nSPS) is 12.5. The molecule has 126 valence electrons. The zero-order valence-electron chi connectivity index (χ0n) is 13.5. The molecule has 1 aliphatic heterocycles. The number of amides is 1. The van der Waals surface area contributed by atoms with Crippen molar-refractivity contribution in [3.8, 4) is 11.5 Å². The lowest BCUT2D eigenvalue weighted by molar-refractivity contribution is -0.116. The molecule has 0 saturated carbocycles. The van der Waals surface area contributed by atoms with Gasteiger partial charge in [-0.25, -0.2) is 0 Å². The zero-order chi connectivity index (χ0) is 16.8. The minimum atomic E-state index is -0.0429. The first-order chi connectivity index (χ1) is 11.7. The minimum absolute atomic E-state index is 0.0429. The van der Waals surface area contributed by atoms with Crippen LogP contribution in [0.15, 0.2) is 30.3 Å². The van der Waals surface area contributed by atoms with Crippen LogP contribution < -0.4 is 20.1 Å². The van der Waals surface area contributed by atoms with Crippen LogP contribution in [-0.4, -0.2) is 29.3 Å². The highest BCUT2D eigenvalue weighted by atomic mass is 16.6. The average Bonchev–Trinajstić information content (AvgIpc) is 2.61. The lowest BCUT2D eigenvalue weighted by atomic mass is 10.2. The Kier molecular flexibility index (Phi) is 5.10. The standard InChI is InChI=1S/C17H20N4O3/c1-2-3-4-17(22)19-16-8-7-15(20-21-16)18-12-5-6-13-14(11-12)24-10-9-23-13/h5-8,11H,2-4,9-10H2,1H3,(H,18,20)(H,19,21,22). The molecule has 0 saturated heterocycles. The molecule has 0 fully saturated rings. The van der Waals surface area contributed by atoms with Crippen LogP contribution in [0.3, 0.4) is 0 Å². The number of carbonyl (C=O) groups excluding carboxylic acids is 1. The van der Waals surface area contributed by atoms with Crippen LogP contribution in [0.1, 0.15) is 26.2 Å². The van der Waals surface area contributed by atoms with E-state index in [0.717, 1.165) is 24.3 Å². The molecule has 24 heavy (non-hydrogen) atoms. The second-order valence-electron chi connectivity index (χ2n) is 5.44. The zero-order valence-corrected chi connectivity index (χ0v) is 13.5. The Morgan fingerprint density at radius 1 is 1.08 bits per heavy atom. The van der Waals surface area contributed by atoms with E-state index in [1.807, 2.05) is 25.1 Å². The lowest BCUT2D eigenvalue weighted by Crippen LogP contribution is -2.15. The molecule has 0 unspecified atom stereocenters. The molecule has 0 radical (unpaired) electrons. The molecule has 0 bridgehead atoms. The molecule has 0 spiro atoms. The van der Waals surface area contributed by atoms with E-state index in [1.54, 1.807) is 12.1 Å². The number of carbonyl (C=O) groups is 1. The van der Waals surface area contributed by atoms with Crippen LogP contribution in [0.25, 0.3) is 0 Å². The summed E-state index contributed by atoms with van der Waals surface area (Å²) < 4.78 is 11.0. The Labute approximate surface area is 140 Å². The van der Waals surface area contributed by atoms with Crippen molar-refractivity contribution in [1.29, 1.82) is 0 Å². The molecule has 7 heteroatoms. The number of hydrogen-bond donors (Lipinski definition) is 2. The Hall–Kier alpha value is -2.83. The maximum Gasteiger partial charge on any atom is 0.225 e. The van der Waals surface area contributed by atoms with E-state index in [4.69, 9.17) is 9.47 Å². The van der Waals surface area contributed by atoms with Gasteiger partial charge in [-0.15, -0.1) is 10.2 Å². The largest absolute Gasteiger partial charge is 0.486 e. The molecule has 0 atom stereocenters. The number of unbranched alkanes of at least 4 members (excludes halogenated alkanes) is 1. The van der Waals surface area contributed by atoms with Gasteiger partial charge in [-0.2, -0.15) is 0 Å². The summed E-state index contributed by atoms with van der Waals surface area (Å²) in [6.07, 6.45) is 2.34. The molecule has 3 rings (SSSR count). The number of benzene rings is 1. The average molecular weight is 328 g/mol. The van der Waals surface area contributed by atoms with Crippen molar-refractivity contribution in [2.45, 2.75) is 26.2 Å². The Bertz CT molecular complexity index is 703. The first kappa shape index (κ1) is 16.0. The highest BCUT2D eigenvalue weighted by Crippen LogP contribution is 2.33. The van der Waals surface area contributed by atoms with Crippen LogP contribution in [0.5, 0.6) is 11.5 Å². The van der Waals surface area contributed by atoms with Crippen molar-refractivity contribution in [2.24, 2.45) is 0 Å². The number of ether oxygens (including phenoxy) is 2. The van der Waals surface area contributed by atoms with E-state index >= 15 is 0 Å². The van der Waals surface area contributed by atoms with E-state index < -0.39 is 0 Å². The molecule has 1 aromatic carbocycles. The predicted molar refractivity (Wildman–Crippen MR) is 90.9 cm³/mol. The maximum atomic E-state index is 11.7. The third-order valence-electron chi connectivity index (χ3n) is 3.50. The molecule has 1 aliphatic rings. The van der Waals surface area contributed by atoms with Crippen molar-refractivity contribution >= 4 is 23.2 Å². The summed E-state index contributed by atoms with van der Waals surface area (Å²) in [7, 11) is 0. The third-order valence-corrected chi connectivity index (χ3v) is 3.50. The van der Waals surface area contributed by atoms with Gasteiger partial charge in [0.15, 0.2) is 23.1 Å². The molecule has 2 N–H and O–H groups in total. The van der Waals surface area contributed by atoms with Gasteiger partial charge in [-0.1, -0.05) is 13.3 Å². The SMILES string of the molecule is CCCCC(=O)Nc1ccc(Nc2ccc3c(c2)OCCO3)nn1. The van der Waals surface area contributed by atoms with Crippen LogP contribution >= 0.6 is 0 Å². The van der Waals surface area contributed by atoms with E-state index in [2.05, 4.69) is 20.8 Å². The highest BCUT2D eigenvalue weighted by molar-refractivity contribution is 5.89. The number of rotatable bonds is 6. The summed E-state index contributed by atoms with van der Waals surface area (Å²) in [5.74, 6) is 2.43. The van der Waals surface area contributed by atoms with Gasteiger partial charge in [0.1, 0.15) is 13.2 Å². The summed E-state index contributed by atoms with van der Waals surface area (Å²) >= 11 is 0. The molecule has 1 aromatic heterocycles. The monoisotopic (exact) mass is 328 g/mol. The quantitative estimate of drug-likeness (QED) is 0.847. The van der Waals surface area contributed by atoms with Crippen molar-refractivity contribution in [3.05, 3.63) is 30.3 Å².